The highest BCUT2D eigenvalue weighted by Gasteiger charge is 2.23. The quantitative estimate of drug-likeness (QED) is 0.880. The van der Waals surface area contributed by atoms with Gasteiger partial charge in [-0.1, -0.05) is 25.3 Å². The number of fused-ring (bicyclic) bond motifs is 1. The maximum absolute atomic E-state index is 11.5. The lowest BCUT2D eigenvalue weighted by molar-refractivity contribution is 0.0997. The Morgan fingerprint density at radius 1 is 1.28 bits per heavy atom. The van der Waals surface area contributed by atoms with Gasteiger partial charge in [-0.05, 0) is 25.0 Å². The summed E-state index contributed by atoms with van der Waals surface area (Å²) in [6.07, 6.45) is 8.09. The molecule has 2 N–H and O–H groups in total. The molecule has 18 heavy (non-hydrogen) atoms. The monoisotopic (exact) mass is 243 g/mol. The van der Waals surface area contributed by atoms with E-state index in [-0.39, 0.29) is 0 Å². The fraction of sp³-hybridized carbons (Fsp3) is 0.429. The smallest absolute Gasteiger partial charge is 0.269 e. The van der Waals surface area contributed by atoms with Crippen LogP contribution in [0.1, 0.15) is 54.3 Å². The van der Waals surface area contributed by atoms with Crippen LogP contribution in [-0.2, 0) is 0 Å². The molecule has 4 nitrogen and oxygen atoms in total. The molecule has 4 heteroatoms. The number of pyridine rings is 1. The summed E-state index contributed by atoms with van der Waals surface area (Å²) in [5.74, 6) is 1.02. The first-order valence-corrected chi connectivity index (χ1v) is 6.54. The van der Waals surface area contributed by atoms with Crippen molar-refractivity contribution >= 4 is 11.4 Å². The molecular formula is C14H17N3O. The Bertz CT molecular complexity index is 582. The van der Waals surface area contributed by atoms with E-state index in [1.54, 1.807) is 0 Å². The molecule has 0 unspecified atom stereocenters. The van der Waals surface area contributed by atoms with Crippen LogP contribution < -0.4 is 5.73 Å². The van der Waals surface area contributed by atoms with E-state index in [0.717, 1.165) is 24.2 Å². The second kappa shape index (κ2) is 4.44. The van der Waals surface area contributed by atoms with Crippen molar-refractivity contribution in [3.05, 3.63) is 35.9 Å². The molecular weight excluding hydrogens is 226 g/mol. The fourth-order valence-electron chi connectivity index (χ4n) is 2.89. The summed E-state index contributed by atoms with van der Waals surface area (Å²) >= 11 is 0. The predicted octanol–water partition coefficient (Wildman–Crippen LogP) is 2.48. The number of nitrogens with two attached hydrogens (primary N) is 1. The molecule has 2 aromatic heterocycles. The van der Waals surface area contributed by atoms with Crippen LogP contribution in [0.5, 0.6) is 0 Å². The van der Waals surface area contributed by atoms with Crippen LogP contribution in [0.3, 0.4) is 0 Å². The van der Waals surface area contributed by atoms with E-state index >= 15 is 0 Å². The lowest BCUT2D eigenvalue weighted by Gasteiger charge is -2.20. The molecule has 1 saturated carbocycles. The molecule has 0 aliphatic heterocycles. The van der Waals surface area contributed by atoms with Crippen molar-refractivity contribution in [2.45, 2.75) is 38.0 Å². The van der Waals surface area contributed by atoms with Crippen LogP contribution in [0.25, 0.3) is 5.52 Å². The number of carbonyl (C=O) groups excluding carboxylic acids is 1. The molecule has 1 aliphatic rings. The predicted molar refractivity (Wildman–Crippen MR) is 69.5 cm³/mol. The number of aromatic nitrogens is 2. The van der Waals surface area contributed by atoms with Crippen molar-refractivity contribution < 1.29 is 4.79 Å². The van der Waals surface area contributed by atoms with Gasteiger partial charge in [0, 0.05) is 12.1 Å². The summed E-state index contributed by atoms with van der Waals surface area (Å²) in [6.45, 7) is 0. The second-order valence-electron chi connectivity index (χ2n) is 4.97. The number of carbonyl (C=O) groups is 1. The van der Waals surface area contributed by atoms with Gasteiger partial charge in [0.2, 0.25) is 0 Å². The molecule has 0 atom stereocenters. The molecule has 1 aliphatic carbocycles. The first-order valence-electron chi connectivity index (χ1n) is 6.54. The highest BCUT2D eigenvalue weighted by atomic mass is 16.1. The van der Waals surface area contributed by atoms with Crippen molar-refractivity contribution in [2.24, 2.45) is 5.73 Å². The first kappa shape index (κ1) is 11.3. The summed E-state index contributed by atoms with van der Waals surface area (Å²) in [4.78, 5) is 16.0. The minimum atomic E-state index is -0.444. The van der Waals surface area contributed by atoms with Gasteiger partial charge in [0.05, 0.1) is 5.52 Å². The third-order valence-electron chi connectivity index (χ3n) is 3.78. The third kappa shape index (κ3) is 1.78. The number of nitrogens with zero attached hydrogens (tertiary/aromatic N) is 2. The summed E-state index contributed by atoms with van der Waals surface area (Å²) in [5.41, 5.74) is 6.63. The molecule has 0 saturated heterocycles. The number of hydrogen-bond acceptors (Lipinski definition) is 2. The van der Waals surface area contributed by atoms with E-state index < -0.39 is 5.91 Å². The molecule has 2 heterocycles. The SMILES string of the molecule is NC(=O)c1nc(C2CCCCC2)n2ccccc12. The van der Waals surface area contributed by atoms with Crippen molar-refractivity contribution in [3.63, 3.8) is 0 Å². The van der Waals surface area contributed by atoms with E-state index in [1.165, 1.54) is 19.3 Å². The third-order valence-corrected chi connectivity index (χ3v) is 3.78. The van der Waals surface area contributed by atoms with Gasteiger partial charge in [0.1, 0.15) is 5.82 Å². The van der Waals surface area contributed by atoms with E-state index in [9.17, 15) is 4.79 Å². The highest BCUT2D eigenvalue weighted by Crippen LogP contribution is 2.32. The van der Waals surface area contributed by atoms with Gasteiger partial charge >= 0.3 is 0 Å². The van der Waals surface area contributed by atoms with Crippen LogP contribution in [0.15, 0.2) is 24.4 Å². The first-order chi connectivity index (χ1) is 8.77. The number of amides is 1. The maximum atomic E-state index is 11.5. The molecule has 3 rings (SSSR count). The molecule has 0 spiro atoms. The largest absolute Gasteiger partial charge is 0.364 e. The Balaban J connectivity index is 2.13. The zero-order chi connectivity index (χ0) is 12.5. The van der Waals surface area contributed by atoms with Gasteiger partial charge in [-0.2, -0.15) is 0 Å². The van der Waals surface area contributed by atoms with Gasteiger partial charge in [-0.15, -0.1) is 0 Å². The van der Waals surface area contributed by atoms with Gasteiger partial charge in [0.25, 0.3) is 5.91 Å². The Kier molecular flexibility index (Phi) is 2.78. The lowest BCUT2D eigenvalue weighted by atomic mass is 9.89. The van der Waals surface area contributed by atoms with Crippen LogP contribution in [0.2, 0.25) is 0 Å². The summed E-state index contributed by atoms with van der Waals surface area (Å²) < 4.78 is 2.02. The van der Waals surface area contributed by atoms with E-state index in [1.807, 2.05) is 28.8 Å². The van der Waals surface area contributed by atoms with Crippen molar-refractivity contribution in [1.29, 1.82) is 0 Å². The van der Waals surface area contributed by atoms with Gasteiger partial charge in [-0.3, -0.25) is 4.79 Å². The fourth-order valence-corrected chi connectivity index (χ4v) is 2.89. The standard InChI is InChI=1S/C14H17N3O/c15-13(18)12-11-8-4-5-9-17(11)14(16-12)10-6-2-1-3-7-10/h4-5,8-10H,1-3,6-7H2,(H2,15,18). The van der Waals surface area contributed by atoms with Crippen molar-refractivity contribution in [1.82, 2.24) is 9.38 Å². The van der Waals surface area contributed by atoms with E-state index in [2.05, 4.69) is 4.98 Å². The lowest BCUT2D eigenvalue weighted by Crippen LogP contribution is -2.12. The molecule has 1 fully saturated rings. The Labute approximate surface area is 106 Å². The van der Waals surface area contributed by atoms with Crippen molar-refractivity contribution in [2.75, 3.05) is 0 Å². The molecule has 94 valence electrons. The molecule has 0 radical (unpaired) electrons. The van der Waals surface area contributed by atoms with Gasteiger partial charge in [-0.25, -0.2) is 4.98 Å². The average Bonchev–Trinajstić information content (AvgIpc) is 2.79. The molecule has 0 aromatic carbocycles. The maximum Gasteiger partial charge on any atom is 0.269 e. The topological polar surface area (TPSA) is 60.4 Å². The minimum Gasteiger partial charge on any atom is -0.364 e. The van der Waals surface area contributed by atoms with Gasteiger partial charge in [0.15, 0.2) is 5.69 Å². The number of hydrogen-bond donors (Lipinski definition) is 1. The summed E-state index contributed by atoms with van der Waals surface area (Å²) in [5, 5.41) is 0. The van der Waals surface area contributed by atoms with Crippen LogP contribution in [0, 0.1) is 0 Å². The minimum absolute atomic E-state index is 0.399. The van der Waals surface area contributed by atoms with Crippen molar-refractivity contribution in [3.8, 4) is 0 Å². The molecule has 0 bridgehead atoms. The number of imidazole rings is 1. The highest BCUT2D eigenvalue weighted by molar-refractivity contribution is 5.97. The molecule has 2 aromatic rings. The summed E-state index contributed by atoms with van der Waals surface area (Å²) in [7, 11) is 0. The Morgan fingerprint density at radius 3 is 2.78 bits per heavy atom. The number of primary amides is 1. The zero-order valence-electron chi connectivity index (χ0n) is 10.3. The average molecular weight is 243 g/mol. The van der Waals surface area contributed by atoms with E-state index in [0.29, 0.717) is 11.6 Å². The Hall–Kier alpha value is -1.84. The van der Waals surface area contributed by atoms with E-state index in [4.69, 9.17) is 5.73 Å². The van der Waals surface area contributed by atoms with Crippen LogP contribution in [0.4, 0.5) is 0 Å². The summed E-state index contributed by atoms with van der Waals surface area (Å²) in [6, 6.07) is 5.78. The second-order valence-corrected chi connectivity index (χ2v) is 4.97. The van der Waals surface area contributed by atoms with Crippen LogP contribution >= 0.6 is 0 Å². The van der Waals surface area contributed by atoms with Gasteiger partial charge < -0.3 is 10.1 Å². The molecule has 1 amide bonds. The normalized spacial score (nSPS) is 17.1. The number of rotatable bonds is 2. The zero-order valence-corrected chi connectivity index (χ0v) is 10.3. The Morgan fingerprint density at radius 2 is 2.06 bits per heavy atom. The van der Waals surface area contributed by atoms with Crippen LogP contribution in [-0.4, -0.2) is 15.3 Å².